The van der Waals surface area contributed by atoms with Crippen molar-refractivity contribution in [2.24, 2.45) is 0 Å². The average Bonchev–Trinajstić information content (AvgIpc) is 2.76. The highest BCUT2D eigenvalue weighted by Crippen LogP contribution is 2.30. The van der Waals surface area contributed by atoms with E-state index in [2.05, 4.69) is 9.97 Å². The van der Waals surface area contributed by atoms with Gasteiger partial charge in [-0.15, -0.1) is 0 Å². The molecule has 4 heteroatoms. The second kappa shape index (κ2) is 3.82. The monoisotopic (exact) mass is 254 g/mol. The molecule has 3 rings (SSSR count). The van der Waals surface area contributed by atoms with E-state index in [0.29, 0.717) is 0 Å². The number of rotatable bonds is 2. The predicted molar refractivity (Wildman–Crippen MR) is 74.3 cm³/mol. The number of aromatic amines is 1. The van der Waals surface area contributed by atoms with E-state index < -0.39 is 11.4 Å². The Morgan fingerprint density at radius 1 is 1.21 bits per heavy atom. The minimum Gasteiger partial charge on any atom is -0.481 e. The van der Waals surface area contributed by atoms with E-state index >= 15 is 0 Å². The van der Waals surface area contributed by atoms with Crippen molar-refractivity contribution in [3.63, 3.8) is 0 Å². The van der Waals surface area contributed by atoms with Crippen LogP contribution < -0.4 is 0 Å². The molecular weight excluding hydrogens is 240 g/mol. The molecule has 0 radical (unpaired) electrons. The van der Waals surface area contributed by atoms with E-state index in [1.165, 1.54) is 0 Å². The third kappa shape index (κ3) is 1.68. The molecule has 2 aromatic heterocycles. The number of nitrogens with zero attached hydrogens (tertiary/aromatic N) is 1. The molecule has 1 aromatic carbocycles. The molecule has 2 N–H and O–H groups in total. The standard InChI is InChI=1S/C15H14N2O2/c1-15(2,14(18)19)9-3-4-12-10(7-9)11-8-16-6-5-13(11)17-12/h3-8,17H,1-2H3,(H,18,19). The fraction of sp³-hybridized carbons (Fsp3) is 0.200. The molecule has 0 unspecified atom stereocenters. The molecule has 0 bridgehead atoms. The predicted octanol–water partition coefficient (Wildman–Crippen LogP) is 3.08. The molecule has 0 aliphatic carbocycles. The number of aromatic nitrogens is 2. The first-order valence-corrected chi connectivity index (χ1v) is 6.09. The van der Waals surface area contributed by atoms with Gasteiger partial charge in [0.05, 0.1) is 5.41 Å². The van der Waals surface area contributed by atoms with E-state index in [9.17, 15) is 9.90 Å². The van der Waals surface area contributed by atoms with Crippen LogP contribution in [0.5, 0.6) is 0 Å². The number of carboxylic acids is 1. The van der Waals surface area contributed by atoms with Crippen LogP contribution in [-0.4, -0.2) is 21.0 Å². The summed E-state index contributed by atoms with van der Waals surface area (Å²) in [5.41, 5.74) is 1.89. The molecule has 3 aromatic rings. The number of fused-ring (bicyclic) bond motifs is 3. The summed E-state index contributed by atoms with van der Waals surface area (Å²) in [5.74, 6) is -0.829. The Morgan fingerprint density at radius 2 is 1.95 bits per heavy atom. The largest absolute Gasteiger partial charge is 0.481 e. The highest BCUT2D eigenvalue weighted by molar-refractivity contribution is 6.07. The minimum absolute atomic E-state index is 0.789. The Morgan fingerprint density at radius 3 is 2.68 bits per heavy atom. The van der Waals surface area contributed by atoms with Crippen LogP contribution in [0.2, 0.25) is 0 Å². The van der Waals surface area contributed by atoms with Crippen molar-refractivity contribution in [2.75, 3.05) is 0 Å². The number of pyridine rings is 1. The summed E-state index contributed by atoms with van der Waals surface area (Å²) < 4.78 is 0. The Bertz CT molecular complexity index is 787. The fourth-order valence-electron chi connectivity index (χ4n) is 2.25. The van der Waals surface area contributed by atoms with Gasteiger partial charge in [-0.2, -0.15) is 0 Å². The quantitative estimate of drug-likeness (QED) is 0.738. The highest BCUT2D eigenvalue weighted by atomic mass is 16.4. The second-order valence-corrected chi connectivity index (χ2v) is 5.24. The summed E-state index contributed by atoms with van der Waals surface area (Å²) in [7, 11) is 0. The lowest BCUT2D eigenvalue weighted by molar-refractivity contribution is -0.142. The minimum atomic E-state index is -0.903. The lowest BCUT2D eigenvalue weighted by Gasteiger charge is -2.19. The van der Waals surface area contributed by atoms with Crippen molar-refractivity contribution in [1.29, 1.82) is 0 Å². The molecule has 0 aliphatic rings. The van der Waals surface area contributed by atoms with Crippen LogP contribution in [0.25, 0.3) is 21.8 Å². The van der Waals surface area contributed by atoms with Crippen LogP contribution in [0, 0.1) is 0 Å². The van der Waals surface area contributed by atoms with Gasteiger partial charge in [0, 0.05) is 34.2 Å². The van der Waals surface area contributed by atoms with Crippen molar-refractivity contribution < 1.29 is 9.90 Å². The van der Waals surface area contributed by atoms with Gasteiger partial charge in [-0.3, -0.25) is 9.78 Å². The summed E-state index contributed by atoms with van der Waals surface area (Å²) in [6, 6.07) is 7.63. The maximum absolute atomic E-state index is 11.3. The molecule has 0 saturated heterocycles. The van der Waals surface area contributed by atoms with Gasteiger partial charge in [-0.25, -0.2) is 0 Å². The first kappa shape index (κ1) is 11.7. The number of hydrogen-bond acceptors (Lipinski definition) is 2. The normalized spacial score (nSPS) is 12.1. The van der Waals surface area contributed by atoms with Crippen LogP contribution in [0.15, 0.2) is 36.7 Å². The van der Waals surface area contributed by atoms with Gasteiger partial charge in [-0.1, -0.05) is 6.07 Å². The average molecular weight is 254 g/mol. The van der Waals surface area contributed by atoms with Crippen molar-refractivity contribution in [3.05, 3.63) is 42.2 Å². The summed E-state index contributed by atoms with van der Waals surface area (Å²) in [6.45, 7) is 3.42. The van der Waals surface area contributed by atoms with Gasteiger partial charge in [0.2, 0.25) is 0 Å². The molecular formula is C15H14N2O2. The molecule has 4 nitrogen and oxygen atoms in total. The molecule has 2 heterocycles. The summed E-state index contributed by atoms with van der Waals surface area (Å²) in [5, 5.41) is 11.3. The topological polar surface area (TPSA) is 66.0 Å². The molecule has 0 amide bonds. The lowest BCUT2D eigenvalue weighted by atomic mass is 9.84. The molecule has 0 saturated carbocycles. The van der Waals surface area contributed by atoms with E-state index in [0.717, 1.165) is 27.4 Å². The number of benzene rings is 1. The number of H-pyrrole nitrogens is 1. The molecule has 96 valence electrons. The number of carboxylic acid groups (broad SMARTS) is 1. The van der Waals surface area contributed by atoms with Gasteiger partial charge in [0.25, 0.3) is 0 Å². The zero-order valence-corrected chi connectivity index (χ0v) is 10.8. The zero-order chi connectivity index (χ0) is 13.6. The van der Waals surface area contributed by atoms with Gasteiger partial charge >= 0.3 is 5.97 Å². The van der Waals surface area contributed by atoms with E-state index in [1.54, 1.807) is 26.2 Å². The van der Waals surface area contributed by atoms with Crippen LogP contribution in [0.1, 0.15) is 19.4 Å². The molecule has 19 heavy (non-hydrogen) atoms. The van der Waals surface area contributed by atoms with Gasteiger partial charge < -0.3 is 10.1 Å². The Kier molecular flexibility index (Phi) is 2.35. The summed E-state index contributed by atoms with van der Waals surface area (Å²) in [6.07, 6.45) is 3.53. The van der Waals surface area contributed by atoms with Crippen molar-refractivity contribution in [1.82, 2.24) is 9.97 Å². The molecule has 0 aliphatic heterocycles. The number of aliphatic carboxylic acids is 1. The van der Waals surface area contributed by atoms with Crippen LogP contribution >= 0.6 is 0 Å². The van der Waals surface area contributed by atoms with E-state index in [4.69, 9.17) is 0 Å². The highest BCUT2D eigenvalue weighted by Gasteiger charge is 2.29. The Labute approximate surface area is 110 Å². The van der Waals surface area contributed by atoms with Crippen molar-refractivity contribution >= 4 is 27.8 Å². The third-order valence-electron chi connectivity index (χ3n) is 3.66. The fourth-order valence-corrected chi connectivity index (χ4v) is 2.25. The zero-order valence-electron chi connectivity index (χ0n) is 10.8. The maximum Gasteiger partial charge on any atom is 0.313 e. The first-order chi connectivity index (χ1) is 9.00. The number of nitrogens with one attached hydrogen (secondary N) is 1. The van der Waals surface area contributed by atoms with Crippen LogP contribution in [0.4, 0.5) is 0 Å². The molecule has 0 fully saturated rings. The molecule has 0 atom stereocenters. The second-order valence-electron chi connectivity index (χ2n) is 5.24. The molecule has 0 spiro atoms. The van der Waals surface area contributed by atoms with Crippen LogP contribution in [0.3, 0.4) is 0 Å². The van der Waals surface area contributed by atoms with Crippen molar-refractivity contribution in [2.45, 2.75) is 19.3 Å². The van der Waals surface area contributed by atoms with E-state index in [1.807, 2.05) is 24.3 Å². The van der Waals surface area contributed by atoms with E-state index in [-0.39, 0.29) is 0 Å². The Balaban J connectivity index is 2.31. The summed E-state index contributed by atoms with van der Waals surface area (Å²) in [4.78, 5) is 18.8. The third-order valence-corrected chi connectivity index (χ3v) is 3.66. The van der Waals surface area contributed by atoms with Crippen LogP contribution in [-0.2, 0) is 10.2 Å². The SMILES string of the molecule is CC(C)(C(=O)O)c1ccc2[nH]c3ccncc3c2c1. The van der Waals surface area contributed by atoms with Gasteiger partial charge in [0.15, 0.2) is 0 Å². The van der Waals surface area contributed by atoms with Gasteiger partial charge in [-0.05, 0) is 37.6 Å². The van der Waals surface area contributed by atoms with Crippen molar-refractivity contribution in [3.8, 4) is 0 Å². The van der Waals surface area contributed by atoms with Gasteiger partial charge in [0.1, 0.15) is 0 Å². The lowest BCUT2D eigenvalue weighted by Crippen LogP contribution is -2.28. The maximum atomic E-state index is 11.3. The Hall–Kier alpha value is -2.36. The summed E-state index contributed by atoms with van der Waals surface area (Å²) >= 11 is 0. The number of hydrogen-bond donors (Lipinski definition) is 2. The number of carbonyl (C=O) groups is 1. The first-order valence-electron chi connectivity index (χ1n) is 6.09. The smallest absolute Gasteiger partial charge is 0.313 e.